The minimum absolute atomic E-state index is 0.0291. The van der Waals surface area contributed by atoms with Crippen molar-refractivity contribution in [3.05, 3.63) is 40.8 Å². The molecule has 2 atom stereocenters. The number of carbonyl (C=O) groups excluding carboxylic acids is 1. The van der Waals surface area contributed by atoms with Crippen LogP contribution in [0.3, 0.4) is 0 Å². The molecular weight excluding hydrogens is 481 g/mol. The van der Waals surface area contributed by atoms with E-state index >= 15 is 0 Å². The van der Waals surface area contributed by atoms with Gasteiger partial charge in [-0.15, -0.1) is 11.3 Å². The first-order chi connectivity index (χ1) is 17.4. The molecule has 0 bridgehead atoms. The van der Waals surface area contributed by atoms with Gasteiger partial charge in [0.05, 0.1) is 22.1 Å². The average Bonchev–Trinajstić information content (AvgIpc) is 3.21. The van der Waals surface area contributed by atoms with Crippen molar-refractivity contribution in [2.45, 2.75) is 51.2 Å². The highest BCUT2D eigenvalue weighted by molar-refractivity contribution is 7.20. The van der Waals surface area contributed by atoms with Crippen molar-refractivity contribution >= 4 is 39.0 Å². The monoisotopic (exact) mass is 515 g/mol. The van der Waals surface area contributed by atoms with Crippen molar-refractivity contribution in [1.82, 2.24) is 20.2 Å². The van der Waals surface area contributed by atoms with E-state index < -0.39 is 0 Å². The Hall–Kier alpha value is -2.82. The van der Waals surface area contributed by atoms with Gasteiger partial charge in [-0.1, -0.05) is 6.42 Å². The number of nitrogens with zero attached hydrogens (tertiary/aromatic N) is 3. The Bertz CT molecular complexity index is 1200. The second-order valence-electron chi connectivity index (χ2n) is 9.35. The molecule has 3 aromatic rings. The summed E-state index contributed by atoms with van der Waals surface area (Å²) in [5, 5.41) is 7.07. The van der Waals surface area contributed by atoms with Gasteiger partial charge in [-0.25, -0.2) is 14.4 Å². The van der Waals surface area contributed by atoms with Crippen LogP contribution < -0.4 is 15.4 Å². The fourth-order valence-electron chi connectivity index (χ4n) is 4.52. The highest BCUT2D eigenvalue weighted by atomic mass is 32.1. The van der Waals surface area contributed by atoms with Gasteiger partial charge in [0, 0.05) is 19.7 Å². The molecular formula is C26H34FN5O3S. The van der Waals surface area contributed by atoms with E-state index in [1.807, 2.05) is 21.0 Å². The smallest absolute Gasteiger partial charge is 0.261 e. The number of aryl methyl sites for hydroxylation is 1. The van der Waals surface area contributed by atoms with Gasteiger partial charge in [0.1, 0.15) is 34.6 Å². The lowest BCUT2D eigenvalue weighted by molar-refractivity contribution is -0.0227. The summed E-state index contributed by atoms with van der Waals surface area (Å²) in [7, 11) is 5.70. The van der Waals surface area contributed by atoms with Crippen molar-refractivity contribution < 1.29 is 18.7 Å². The molecule has 1 aromatic carbocycles. The number of benzene rings is 1. The van der Waals surface area contributed by atoms with Crippen LogP contribution in [0.1, 0.15) is 47.3 Å². The molecule has 1 amide bonds. The zero-order valence-corrected chi connectivity index (χ0v) is 22.1. The SMILES string of the molecule is COC1CCCCC1Oc1cc(F)ccc1Nc1ncnc2sc(C(=O)NCCCN(C)C)c(C)c12. The Morgan fingerprint density at radius 3 is 2.75 bits per heavy atom. The molecule has 8 nitrogen and oxygen atoms in total. The number of anilines is 2. The highest BCUT2D eigenvalue weighted by Crippen LogP contribution is 2.37. The van der Waals surface area contributed by atoms with E-state index in [0.29, 0.717) is 33.5 Å². The van der Waals surface area contributed by atoms with Gasteiger partial charge in [-0.2, -0.15) is 0 Å². The van der Waals surface area contributed by atoms with Crippen molar-refractivity contribution in [3.63, 3.8) is 0 Å². The molecule has 0 saturated heterocycles. The lowest BCUT2D eigenvalue weighted by Crippen LogP contribution is -2.36. The number of amides is 1. The number of thiophene rings is 1. The minimum Gasteiger partial charge on any atom is -0.485 e. The Labute approximate surface area is 215 Å². The normalized spacial score (nSPS) is 17.9. The van der Waals surface area contributed by atoms with Crippen molar-refractivity contribution in [2.75, 3.05) is 39.6 Å². The lowest BCUT2D eigenvalue weighted by Gasteiger charge is -2.31. The Morgan fingerprint density at radius 2 is 2.00 bits per heavy atom. The first kappa shape index (κ1) is 26.2. The first-order valence-electron chi connectivity index (χ1n) is 12.3. The number of methoxy groups -OCH3 is 1. The largest absolute Gasteiger partial charge is 0.485 e. The van der Waals surface area contributed by atoms with Gasteiger partial charge in [0.25, 0.3) is 5.91 Å². The Kier molecular flexibility index (Phi) is 8.71. The number of ether oxygens (including phenoxy) is 2. The number of aromatic nitrogens is 2. The molecule has 0 spiro atoms. The van der Waals surface area contributed by atoms with Crippen LogP contribution in [-0.2, 0) is 4.74 Å². The Balaban J connectivity index is 1.58. The van der Waals surface area contributed by atoms with E-state index in [-0.39, 0.29) is 23.9 Å². The summed E-state index contributed by atoms with van der Waals surface area (Å²) in [6, 6.07) is 4.41. The van der Waals surface area contributed by atoms with Gasteiger partial charge in [-0.05, 0) is 70.9 Å². The third kappa shape index (κ3) is 6.11. The molecule has 2 N–H and O–H groups in total. The summed E-state index contributed by atoms with van der Waals surface area (Å²) in [5.41, 5.74) is 1.40. The third-order valence-electron chi connectivity index (χ3n) is 6.42. The number of halogens is 1. The summed E-state index contributed by atoms with van der Waals surface area (Å²) < 4.78 is 26.1. The maximum Gasteiger partial charge on any atom is 0.261 e. The number of fused-ring (bicyclic) bond motifs is 1. The van der Waals surface area contributed by atoms with Crippen LogP contribution >= 0.6 is 11.3 Å². The Morgan fingerprint density at radius 1 is 1.22 bits per heavy atom. The predicted molar refractivity (Wildman–Crippen MR) is 141 cm³/mol. The molecule has 0 radical (unpaired) electrons. The maximum absolute atomic E-state index is 14.2. The zero-order chi connectivity index (χ0) is 25.7. The molecule has 1 aliphatic rings. The third-order valence-corrected chi connectivity index (χ3v) is 7.62. The summed E-state index contributed by atoms with van der Waals surface area (Å²) in [5.74, 6) is 0.452. The molecule has 36 heavy (non-hydrogen) atoms. The van der Waals surface area contributed by atoms with E-state index in [1.54, 1.807) is 13.2 Å². The molecule has 2 unspecified atom stereocenters. The second kappa shape index (κ2) is 11.9. The van der Waals surface area contributed by atoms with Gasteiger partial charge in [0.2, 0.25) is 0 Å². The molecule has 1 fully saturated rings. The summed E-state index contributed by atoms with van der Waals surface area (Å²) in [6.07, 6.45) is 6.06. The second-order valence-corrected chi connectivity index (χ2v) is 10.4. The molecule has 2 aromatic heterocycles. The molecule has 194 valence electrons. The van der Waals surface area contributed by atoms with Gasteiger partial charge in [0.15, 0.2) is 0 Å². The summed E-state index contributed by atoms with van der Waals surface area (Å²) in [4.78, 5) is 25.1. The van der Waals surface area contributed by atoms with E-state index in [9.17, 15) is 9.18 Å². The molecule has 0 aliphatic heterocycles. The number of hydrogen-bond acceptors (Lipinski definition) is 8. The number of rotatable bonds is 10. The van der Waals surface area contributed by atoms with Crippen LogP contribution in [-0.4, -0.2) is 67.3 Å². The number of hydrogen-bond donors (Lipinski definition) is 2. The quantitative estimate of drug-likeness (QED) is 0.371. The van der Waals surface area contributed by atoms with Crippen molar-refractivity contribution in [2.24, 2.45) is 0 Å². The summed E-state index contributed by atoms with van der Waals surface area (Å²) in [6.45, 7) is 3.40. The van der Waals surface area contributed by atoms with Crippen LogP contribution in [0, 0.1) is 12.7 Å². The molecule has 1 aliphatic carbocycles. The van der Waals surface area contributed by atoms with Crippen LogP contribution in [0.15, 0.2) is 24.5 Å². The van der Waals surface area contributed by atoms with Crippen LogP contribution in [0.4, 0.5) is 15.9 Å². The zero-order valence-electron chi connectivity index (χ0n) is 21.3. The van der Waals surface area contributed by atoms with Gasteiger partial charge >= 0.3 is 0 Å². The van der Waals surface area contributed by atoms with E-state index in [0.717, 1.165) is 49.6 Å². The molecule has 10 heteroatoms. The van der Waals surface area contributed by atoms with E-state index in [2.05, 4.69) is 25.5 Å². The molecule has 2 heterocycles. The van der Waals surface area contributed by atoms with Crippen LogP contribution in [0.25, 0.3) is 10.2 Å². The van der Waals surface area contributed by atoms with Crippen molar-refractivity contribution in [3.8, 4) is 5.75 Å². The van der Waals surface area contributed by atoms with Crippen LogP contribution in [0.2, 0.25) is 0 Å². The average molecular weight is 516 g/mol. The fraction of sp³-hybridized carbons (Fsp3) is 0.500. The minimum atomic E-state index is -0.381. The molecule has 4 rings (SSSR count). The van der Waals surface area contributed by atoms with Crippen molar-refractivity contribution in [1.29, 1.82) is 0 Å². The fourth-order valence-corrected chi connectivity index (χ4v) is 5.58. The van der Waals surface area contributed by atoms with Crippen LogP contribution in [0.5, 0.6) is 5.75 Å². The van der Waals surface area contributed by atoms with Gasteiger partial charge in [-0.3, -0.25) is 4.79 Å². The highest BCUT2D eigenvalue weighted by Gasteiger charge is 2.28. The van der Waals surface area contributed by atoms with E-state index in [1.165, 1.54) is 29.8 Å². The topological polar surface area (TPSA) is 88.6 Å². The maximum atomic E-state index is 14.2. The van der Waals surface area contributed by atoms with E-state index in [4.69, 9.17) is 9.47 Å². The number of carbonyl (C=O) groups is 1. The number of nitrogens with one attached hydrogen (secondary N) is 2. The standard InChI is InChI=1S/C26H34FN5O3S/c1-16-22-24(29-15-30-26(22)36-23(16)25(33)28-12-7-13-32(2)3)31-18-11-10-17(27)14-21(18)35-20-9-6-5-8-19(20)34-4/h10-11,14-15,19-20H,5-9,12-13H2,1-4H3,(H,28,33)(H,29,30,31). The predicted octanol–water partition coefficient (Wildman–Crippen LogP) is 4.90. The first-order valence-corrected chi connectivity index (χ1v) is 13.1. The lowest BCUT2D eigenvalue weighted by atomic mass is 9.94. The van der Waals surface area contributed by atoms with Gasteiger partial charge < -0.3 is 25.0 Å². The molecule has 1 saturated carbocycles. The summed E-state index contributed by atoms with van der Waals surface area (Å²) >= 11 is 1.34.